The Morgan fingerprint density at radius 2 is 1.61 bits per heavy atom. The van der Waals surface area contributed by atoms with Crippen molar-refractivity contribution in [1.82, 2.24) is 10.6 Å². The van der Waals surface area contributed by atoms with Crippen LogP contribution >= 0.6 is 0 Å². The standard InChI is InChI=1S/C28H50N2O/c1-4-5-6-7-8-9-10-19-29-20-21-11-13-23-22-12-14-25-28(3,18-16-26(31)30-25)24(22)15-17-27(21,23)2/h21-25,29H,4-20H2,1-3H3,(H,30,31)/t21-,22+,23?,24?,25?,27-,28-/m1/s1. The number of unbranched alkanes of at least 4 members (excludes halogenated alkanes) is 6. The Hall–Kier alpha value is -0.570. The molecule has 1 saturated heterocycles. The van der Waals surface area contributed by atoms with Gasteiger partial charge >= 0.3 is 0 Å². The molecule has 1 aliphatic heterocycles. The number of fused-ring (bicyclic) bond motifs is 5. The van der Waals surface area contributed by atoms with E-state index in [1.165, 1.54) is 96.6 Å². The maximum Gasteiger partial charge on any atom is 0.220 e. The van der Waals surface area contributed by atoms with Crippen molar-refractivity contribution in [3.63, 3.8) is 0 Å². The average Bonchev–Trinajstić information content (AvgIpc) is 3.09. The zero-order valence-electron chi connectivity index (χ0n) is 20.8. The predicted molar refractivity (Wildman–Crippen MR) is 130 cm³/mol. The van der Waals surface area contributed by atoms with E-state index in [9.17, 15) is 4.79 Å². The lowest BCUT2D eigenvalue weighted by Gasteiger charge is -2.60. The Labute approximate surface area is 192 Å². The number of piperidine rings is 1. The van der Waals surface area contributed by atoms with Gasteiger partial charge in [0.15, 0.2) is 0 Å². The molecule has 3 unspecified atom stereocenters. The molecule has 3 nitrogen and oxygen atoms in total. The van der Waals surface area contributed by atoms with Gasteiger partial charge in [0, 0.05) is 12.5 Å². The van der Waals surface area contributed by atoms with E-state index in [0.717, 1.165) is 36.5 Å². The molecule has 1 amide bonds. The highest BCUT2D eigenvalue weighted by Gasteiger charge is 2.60. The first-order valence-electron chi connectivity index (χ1n) is 14.0. The number of hydrogen-bond acceptors (Lipinski definition) is 2. The first-order valence-corrected chi connectivity index (χ1v) is 14.0. The van der Waals surface area contributed by atoms with Crippen LogP contribution in [-0.4, -0.2) is 25.0 Å². The number of carbonyl (C=O) groups excluding carboxylic acids is 1. The van der Waals surface area contributed by atoms with Gasteiger partial charge in [-0.1, -0.05) is 59.3 Å². The molecule has 3 saturated carbocycles. The largest absolute Gasteiger partial charge is 0.353 e. The molecule has 4 aliphatic rings. The third-order valence-corrected chi connectivity index (χ3v) is 10.6. The lowest BCUT2D eigenvalue weighted by atomic mass is 9.47. The number of carbonyl (C=O) groups is 1. The molecular formula is C28H50N2O. The average molecular weight is 431 g/mol. The summed E-state index contributed by atoms with van der Waals surface area (Å²) in [6.45, 7) is 9.93. The first-order chi connectivity index (χ1) is 15.0. The maximum absolute atomic E-state index is 12.0. The molecule has 1 heterocycles. The summed E-state index contributed by atoms with van der Waals surface area (Å²) in [5, 5.41) is 7.25. The van der Waals surface area contributed by atoms with Crippen molar-refractivity contribution in [3.8, 4) is 0 Å². The van der Waals surface area contributed by atoms with Crippen molar-refractivity contribution in [2.24, 2.45) is 34.5 Å². The fourth-order valence-corrected chi connectivity index (χ4v) is 8.63. The highest BCUT2D eigenvalue weighted by atomic mass is 16.1. The van der Waals surface area contributed by atoms with Crippen LogP contribution in [0.25, 0.3) is 0 Å². The Bertz CT molecular complexity index is 606. The van der Waals surface area contributed by atoms with Crippen LogP contribution in [0, 0.1) is 34.5 Å². The first kappa shape index (κ1) is 23.6. The molecule has 0 aromatic heterocycles. The Morgan fingerprint density at radius 1 is 0.871 bits per heavy atom. The number of rotatable bonds is 10. The second kappa shape index (κ2) is 10.1. The van der Waals surface area contributed by atoms with E-state index in [1.54, 1.807) is 0 Å². The van der Waals surface area contributed by atoms with E-state index in [2.05, 4.69) is 31.4 Å². The highest BCUT2D eigenvalue weighted by Crippen LogP contribution is 2.65. The van der Waals surface area contributed by atoms with Gasteiger partial charge in [-0.2, -0.15) is 0 Å². The van der Waals surface area contributed by atoms with Crippen molar-refractivity contribution in [3.05, 3.63) is 0 Å². The van der Waals surface area contributed by atoms with Gasteiger partial charge in [0.2, 0.25) is 5.91 Å². The lowest BCUT2D eigenvalue weighted by Crippen LogP contribution is -2.61. The summed E-state index contributed by atoms with van der Waals surface area (Å²) in [6.07, 6.45) is 20.0. The molecule has 4 fully saturated rings. The van der Waals surface area contributed by atoms with Crippen LogP contribution in [0.1, 0.15) is 117 Å². The zero-order chi connectivity index (χ0) is 21.9. The van der Waals surface area contributed by atoms with Gasteiger partial charge in [-0.25, -0.2) is 0 Å². The van der Waals surface area contributed by atoms with E-state index in [4.69, 9.17) is 0 Å². The van der Waals surface area contributed by atoms with Crippen LogP contribution in [0.3, 0.4) is 0 Å². The fraction of sp³-hybridized carbons (Fsp3) is 0.964. The quantitative estimate of drug-likeness (QED) is 0.390. The summed E-state index contributed by atoms with van der Waals surface area (Å²) in [7, 11) is 0. The van der Waals surface area contributed by atoms with Gasteiger partial charge in [-0.15, -0.1) is 0 Å². The summed E-state index contributed by atoms with van der Waals surface area (Å²) in [5.41, 5.74) is 0.904. The SMILES string of the molecule is CCCCCCCCCNC[C@H]1CCC2[C@@H]3CCC4NC(=O)CC[C@]4(C)C3CC[C@@]21C. The van der Waals surface area contributed by atoms with Crippen molar-refractivity contribution in [1.29, 1.82) is 0 Å². The van der Waals surface area contributed by atoms with Gasteiger partial charge in [-0.3, -0.25) is 4.79 Å². The zero-order valence-corrected chi connectivity index (χ0v) is 20.8. The molecule has 178 valence electrons. The fourth-order valence-electron chi connectivity index (χ4n) is 8.63. The van der Waals surface area contributed by atoms with Crippen LogP contribution < -0.4 is 10.6 Å². The summed E-state index contributed by atoms with van der Waals surface area (Å²) in [5.74, 6) is 3.84. The highest BCUT2D eigenvalue weighted by molar-refractivity contribution is 5.77. The maximum atomic E-state index is 12.0. The molecule has 4 rings (SSSR count). The smallest absolute Gasteiger partial charge is 0.220 e. The molecule has 0 spiro atoms. The van der Waals surface area contributed by atoms with Gasteiger partial charge in [0.1, 0.15) is 0 Å². The molecular weight excluding hydrogens is 380 g/mol. The van der Waals surface area contributed by atoms with Crippen molar-refractivity contribution in [2.75, 3.05) is 13.1 Å². The summed E-state index contributed by atoms with van der Waals surface area (Å²) < 4.78 is 0. The second-order valence-corrected chi connectivity index (χ2v) is 12.2. The van der Waals surface area contributed by atoms with E-state index >= 15 is 0 Å². The lowest BCUT2D eigenvalue weighted by molar-refractivity contribution is -0.136. The Balaban J connectivity index is 1.25. The second-order valence-electron chi connectivity index (χ2n) is 12.2. The number of amides is 1. The molecule has 0 bridgehead atoms. The summed E-state index contributed by atoms with van der Waals surface area (Å²) >= 11 is 0. The van der Waals surface area contributed by atoms with Crippen LogP contribution in [0.2, 0.25) is 0 Å². The normalized spacial score (nSPS) is 41.9. The molecule has 0 aromatic carbocycles. The minimum absolute atomic E-state index is 0.300. The minimum Gasteiger partial charge on any atom is -0.353 e. The van der Waals surface area contributed by atoms with Crippen LogP contribution in [0.5, 0.6) is 0 Å². The topological polar surface area (TPSA) is 41.1 Å². The van der Waals surface area contributed by atoms with E-state index in [0.29, 0.717) is 22.8 Å². The van der Waals surface area contributed by atoms with Crippen molar-refractivity contribution in [2.45, 2.75) is 123 Å². The van der Waals surface area contributed by atoms with E-state index in [1.807, 2.05) is 0 Å². The van der Waals surface area contributed by atoms with Crippen LogP contribution in [0.15, 0.2) is 0 Å². The molecule has 7 atom stereocenters. The Morgan fingerprint density at radius 3 is 2.42 bits per heavy atom. The molecule has 0 aromatic rings. The number of nitrogens with one attached hydrogen (secondary N) is 2. The van der Waals surface area contributed by atoms with Crippen molar-refractivity contribution < 1.29 is 4.79 Å². The molecule has 3 heteroatoms. The minimum atomic E-state index is 0.300. The summed E-state index contributed by atoms with van der Waals surface area (Å²) in [6, 6.07) is 0.445. The van der Waals surface area contributed by atoms with E-state index < -0.39 is 0 Å². The Kier molecular flexibility index (Phi) is 7.72. The molecule has 0 radical (unpaired) electrons. The molecule has 31 heavy (non-hydrogen) atoms. The van der Waals surface area contributed by atoms with Crippen molar-refractivity contribution >= 4 is 5.91 Å². The van der Waals surface area contributed by atoms with Crippen LogP contribution in [0.4, 0.5) is 0 Å². The predicted octanol–water partition coefficient (Wildman–Crippen LogP) is 6.46. The summed E-state index contributed by atoms with van der Waals surface area (Å²) in [4.78, 5) is 12.0. The van der Waals surface area contributed by atoms with Gasteiger partial charge in [-0.05, 0) is 99.0 Å². The monoisotopic (exact) mass is 430 g/mol. The third-order valence-electron chi connectivity index (χ3n) is 10.6. The van der Waals surface area contributed by atoms with Crippen LogP contribution in [-0.2, 0) is 4.79 Å². The van der Waals surface area contributed by atoms with Gasteiger partial charge in [0.05, 0.1) is 0 Å². The van der Waals surface area contributed by atoms with E-state index in [-0.39, 0.29) is 0 Å². The van der Waals surface area contributed by atoms with Gasteiger partial charge in [0.25, 0.3) is 0 Å². The number of hydrogen-bond donors (Lipinski definition) is 2. The molecule has 3 aliphatic carbocycles. The third kappa shape index (κ3) is 4.73. The molecule has 2 N–H and O–H groups in total. The van der Waals surface area contributed by atoms with Gasteiger partial charge < -0.3 is 10.6 Å².